The van der Waals surface area contributed by atoms with Gasteiger partial charge in [0.05, 0.1) is 6.54 Å². The van der Waals surface area contributed by atoms with Gasteiger partial charge in [-0.15, -0.1) is 0 Å². The SMILES string of the molecule is Cc1ccc(C(=O)N=c2sn(Cc3ccc(Cl)cc3)c(=O)n2COP(=O)(O)O)cc1. The number of benzene rings is 2. The lowest BCUT2D eigenvalue weighted by molar-refractivity contribution is 0.0996. The first-order valence-corrected chi connectivity index (χ1v) is 11.2. The Labute approximate surface area is 179 Å². The molecule has 0 unspecified atom stereocenters. The van der Waals surface area contributed by atoms with Gasteiger partial charge < -0.3 is 9.79 Å². The Kier molecular flexibility index (Phi) is 6.87. The fourth-order valence-electron chi connectivity index (χ4n) is 2.43. The molecule has 1 aromatic heterocycles. The van der Waals surface area contributed by atoms with E-state index in [2.05, 4.69) is 9.52 Å². The van der Waals surface area contributed by atoms with Crippen LogP contribution in [0.25, 0.3) is 0 Å². The predicted octanol–water partition coefficient (Wildman–Crippen LogP) is 2.53. The number of phosphoric ester groups is 1. The molecule has 0 aliphatic carbocycles. The summed E-state index contributed by atoms with van der Waals surface area (Å²) < 4.78 is 17.7. The van der Waals surface area contributed by atoms with Crippen molar-refractivity contribution in [3.8, 4) is 0 Å². The molecule has 0 aliphatic heterocycles. The molecule has 3 aromatic rings. The maximum absolute atomic E-state index is 12.7. The summed E-state index contributed by atoms with van der Waals surface area (Å²) in [5, 5.41) is 0.543. The number of aryl methyl sites for hydroxylation is 1. The molecular formula is C18H17ClN3O6PS. The lowest BCUT2D eigenvalue weighted by atomic mass is 10.1. The van der Waals surface area contributed by atoms with E-state index in [0.717, 1.165) is 27.2 Å². The minimum atomic E-state index is -4.84. The highest BCUT2D eigenvalue weighted by Crippen LogP contribution is 2.35. The molecule has 0 aliphatic rings. The van der Waals surface area contributed by atoms with Gasteiger partial charge in [0.1, 0.15) is 6.73 Å². The van der Waals surface area contributed by atoms with E-state index in [1.165, 1.54) is 3.96 Å². The molecule has 30 heavy (non-hydrogen) atoms. The van der Waals surface area contributed by atoms with Gasteiger partial charge in [-0.3, -0.25) is 9.32 Å². The summed E-state index contributed by atoms with van der Waals surface area (Å²) in [6.07, 6.45) is 0. The summed E-state index contributed by atoms with van der Waals surface area (Å²) in [5.74, 6) is -0.597. The number of hydrogen-bond acceptors (Lipinski definition) is 5. The number of nitrogens with zero attached hydrogens (tertiary/aromatic N) is 3. The number of carbonyl (C=O) groups excluding carboxylic acids is 1. The van der Waals surface area contributed by atoms with Gasteiger partial charge in [0.2, 0.25) is 4.80 Å². The van der Waals surface area contributed by atoms with Gasteiger partial charge in [-0.1, -0.05) is 41.4 Å². The molecule has 0 bridgehead atoms. The Balaban J connectivity index is 2.01. The Morgan fingerprint density at radius 1 is 1.17 bits per heavy atom. The normalized spacial score (nSPS) is 12.3. The number of halogens is 1. The van der Waals surface area contributed by atoms with Crippen LogP contribution in [0.5, 0.6) is 0 Å². The van der Waals surface area contributed by atoms with Crippen molar-refractivity contribution >= 4 is 36.9 Å². The first kappa shape index (κ1) is 22.4. The number of hydrogen-bond donors (Lipinski definition) is 2. The van der Waals surface area contributed by atoms with Crippen molar-refractivity contribution in [2.24, 2.45) is 4.99 Å². The summed E-state index contributed by atoms with van der Waals surface area (Å²) in [5.41, 5.74) is 1.42. The molecule has 12 heteroatoms. The Bertz CT molecular complexity index is 1220. The van der Waals surface area contributed by atoms with E-state index in [1.54, 1.807) is 48.5 Å². The van der Waals surface area contributed by atoms with Crippen LogP contribution in [0, 0.1) is 6.92 Å². The van der Waals surface area contributed by atoms with E-state index in [9.17, 15) is 14.2 Å². The second-order valence-electron chi connectivity index (χ2n) is 6.28. The second kappa shape index (κ2) is 9.22. The molecule has 0 fully saturated rings. The lowest BCUT2D eigenvalue weighted by Crippen LogP contribution is -2.31. The van der Waals surface area contributed by atoms with Crippen molar-refractivity contribution in [2.75, 3.05) is 0 Å². The van der Waals surface area contributed by atoms with E-state index in [1.807, 2.05) is 6.92 Å². The van der Waals surface area contributed by atoms with Gasteiger partial charge in [-0.2, -0.15) is 4.99 Å². The molecule has 1 heterocycles. The number of aromatic nitrogens is 2. The van der Waals surface area contributed by atoms with Crippen LogP contribution in [0.15, 0.2) is 58.3 Å². The maximum Gasteiger partial charge on any atom is 0.471 e. The number of phosphoric acid groups is 1. The molecule has 3 rings (SSSR count). The summed E-state index contributed by atoms with van der Waals surface area (Å²) >= 11 is 6.75. The van der Waals surface area contributed by atoms with E-state index in [-0.39, 0.29) is 11.3 Å². The first-order chi connectivity index (χ1) is 14.1. The van der Waals surface area contributed by atoms with Crippen LogP contribution in [0.1, 0.15) is 21.5 Å². The quantitative estimate of drug-likeness (QED) is 0.535. The molecule has 0 atom stereocenters. The van der Waals surface area contributed by atoms with Crippen LogP contribution >= 0.6 is 31.0 Å². The van der Waals surface area contributed by atoms with Gasteiger partial charge >= 0.3 is 13.5 Å². The highest BCUT2D eigenvalue weighted by Gasteiger charge is 2.18. The van der Waals surface area contributed by atoms with Crippen molar-refractivity contribution in [2.45, 2.75) is 20.2 Å². The number of carbonyl (C=O) groups is 1. The molecule has 158 valence electrons. The van der Waals surface area contributed by atoms with Gasteiger partial charge in [0.25, 0.3) is 5.91 Å². The van der Waals surface area contributed by atoms with Gasteiger partial charge in [0, 0.05) is 10.6 Å². The number of rotatable bonds is 6. The average molecular weight is 470 g/mol. The molecule has 0 saturated heterocycles. The van der Waals surface area contributed by atoms with Crippen molar-refractivity contribution in [1.29, 1.82) is 0 Å². The standard InChI is InChI=1S/C18H17ClN3O6PS/c1-12-2-6-14(7-3-12)16(23)20-17-21(11-28-29(25,26)27)18(24)22(30-17)10-13-4-8-15(19)9-5-13/h2-9H,10-11H2,1H3,(H2,25,26,27). The second-order valence-corrected chi connectivity index (χ2v) is 8.94. The Morgan fingerprint density at radius 3 is 2.40 bits per heavy atom. The smallest absolute Gasteiger partial charge is 0.303 e. The maximum atomic E-state index is 12.7. The predicted molar refractivity (Wildman–Crippen MR) is 111 cm³/mol. The summed E-state index contributed by atoms with van der Waals surface area (Å²) in [7, 11) is -4.84. The lowest BCUT2D eigenvalue weighted by Gasteiger charge is -2.05. The molecule has 2 N–H and O–H groups in total. The molecule has 0 spiro atoms. The van der Waals surface area contributed by atoms with Crippen LogP contribution in [-0.2, 0) is 22.4 Å². The summed E-state index contributed by atoms with van der Waals surface area (Å²) in [6.45, 7) is 1.28. The largest absolute Gasteiger partial charge is 0.471 e. The topological polar surface area (TPSA) is 123 Å². The molecule has 2 aromatic carbocycles. The van der Waals surface area contributed by atoms with E-state index < -0.39 is 26.2 Å². The zero-order chi connectivity index (χ0) is 21.9. The third kappa shape index (κ3) is 5.85. The highest BCUT2D eigenvalue weighted by atomic mass is 35.5. The fourth-order valence-corrected chi connectivity index (χ4v) is 3.76. The van der Waals surface area contributed by atoms with Gasteiger partial charge in [0.15, 0.2) is 0 Å². The zero-order valence-corrected chi connectivity index (χ0v) is 18.1. The van der Waals surface area contributed by atoms with Crippen molar-refractivity contribution < 1.29 is 23.7 Å². The molecule has 1 amide bonds. The molecule has 0 radical (unpaired) electrons. The van der Waals surface area contributed by atoms with Gasteiger partial charge in [-0.05, 0) is 48.3 Å². The van der Waals surface area contributed by atoms with Crippen molar-refractivity contribution in [3.63, 3.8) is 0 Å². The molecular weight excluding hydrogens is 453 g/mol. The van der Waals surface area contributed by atoms with Gasteiger partial charge in [-0.25, -0.2) is 17.9 Å². The van der Waals surface area contributed by atoms with E-state index >= 15 is 0 Å². The third-order valence-corrected chi connectivity index (χ3v) is 5.64. The van der Waals surface area contributed by atoms with Crippen LogP contribution in [0.4, 0.5) is 0 Å². The van der Waals surface area contributed by atoms with E-state index in [0.29, 0.717) is 10.6 Å². The molecule has 0 saturated carbocycles. The average Bonchev–Trinajstić information content (AvgIpc) is 2.96. The van der Waals surface area contributed by atoms with Crippen molar-refractivity contribution in [3.05, 3.63) is 85.5 Å². The highest BCUT2D eigenvalue weighted by molar-refractivity contribution is 7.46. The number of amides is 1. The van der Waals surface area contributed by atoms with E-state index in [4.69, 9.17) is 21.4 Å². The molecule has 9 nitrogen and oxygen atoms in total. The van der Waals surface area contributed by atoms with Crippen LogP contribution in [-0.4, -0.2) is 24.2 Å². The monoisotopic (exact) mass is 469 g/mol. The third-order valence-electron chi connectivity index (χ3n) is 3.96. The van der Waals surface area contributed by atoms with Crippen LogP contribution in [0.2, 0.25) is 5.02 Å². The first-order valence-electron chi connectivity index (χ1n) is 8.53. The van der Waals surface area contributed by atoms with Crippen LogP contribution in [0.3, 0.4) is 0 Å². The van der Waals surface area contributed by atoms with Crippen molar-refractivity contribution in [1.82, 2.24) is 8.52 Å². The zero-order valence-electron chi connectivity index (χ0n) is 15.6. The Hall–Kier alpha value is -2.33. The fraction of sp³-hybridized carbons (Fsp3) is 0.167. The van der Waals surface area contributed by atoms with Crippen LogP contribution < -0.4 is 10.5 Å². The Morgan fingerprint density at radius 2 is 1.80 bits per heavy atom. The summed E-state index contributed by atoms with van der Waals surface area (Å²) in [4.78, 5) is 47.1. The minimum Gasteiger partial charge on any atom is -0.303 e. The minimum absolute atomic E-state index is 0.0482. The summed E-state index contributed by atoms with van der Waals surface area (Å²) in [6, 6.07) is 13.5.